The lowest BCUT2D eigenvalue weighted by atomic mass is 10.1. The van der Waals surface area contributed by atoms with E-state index >= 15 is 0 Å². The van der Waals surface area contributed by atoms with Crippen LogP contribution in [-0.4, -0.2) is 23.1 Å². The summed E-state index contributed by atoms with van der Waals surface area (Å²) >= 11 is 1.55. The average molecular weight is 323 g/mol. The second-order valence-electron chi connectivity index (χ2n) is 4.86. The molecule has 2 aromatic carbocycles. The second-order valence-corrected chi connectivity index (χ2v) is 6.04. The molecular formula is C16H12F3NOS. The van der Waals surface area contributed by atoms with Crippen LogP contribution in [0.15, 0.2) is 42.5 Å². The zero-order chi connectivity index (χ0) is 15.7. The van der Waals surface area contributed by atoms with Crippen LogP contribution in [0.5, 0.6) is 0 Å². The minimum absolute atomic E-state index is 0.249. The highest BCUT2D eigenvalue weighted by Crippen LogP contribution is 2.38. The Kier molecular flexibility index (Phi) is 4.11. The van der Waals surface area contributed by atoms with Crippen molar-refractivity contribution in [3.05, 3.63) is 71.0 Å². The first-order valence-corrected chi connectivity index (χ1v) is 7.75. The molecule has 0 bridgehead atoms. The van der Waals surface area contributed by atoms with Gasteiger partial charge in [-0.05, 0) is 17.7 Å². The number of rotatable bonds is 2. The maximum atomic E-state index is 13.8. The molecule has 1 saturated heterocycles. The first kappa shape index (κ1) is 15.0. The molecule has 1 fully saturated rings. The van der Waals surface area contributed by atoms with Crippen LogP contribution in [0.2, 0.25) is 0 Å². The lowest BCUT2D eigenvalue weighted by Crippen LogP contribution is -2.31. The molecule has 1 atom stereocenters. The molecule has 1 aliphatic rings. The van der Waals surface area contributed by atoms with E-state index in [9.17, 15) is 18.0 Å². The number of hydrogen-bond donors (Lipinski definition) is 0. The Bertz CT molecular complexity index is 708. The van der Waals surface area contributed by atoms with Gasteiger partial charge in [-0.25, -0.2) is 13.2 Å². The Labute approximate surface area is 129 Å². The van der Waals surface area contributed by atoms with Gasteiger partial charge >= 0.3 is 0 Å². The number of nitrogens with zero attached hydrogens (tertiary/aromatic N) is 1. The SMILES string of the molecule is O=C(c1ccc(F)c(F)c1F)N1CCSC1c1ccccc1. The van der Waals surface area contributed by atoms with Crippen molar-refractivity contribution in [2.24, 2.45) is 0 Å². The second kappa shape index (κ2) is 6.04. The first-order valence-electron chi connectivity index (χ1n) is 6.70. The lowest BCUT2D eigenvalue weighted by molar-refractivity contribution is 0.0754. The highest BCUT2D eigenvalue weighted by atomic mass is 32.2. The molecule has 0 radical (unpaired) electrons. The van der Waals surface area contributed by atoms with E-state index in [1.165, 1.54) is 4.90 Å². The number of carbonyl (C=O) groups is 1. The van der Waals surface area contributed by atoms with Gasteiger partial charge in [-0.2, -0.15) is 0 Å². The van der Waals surface area contributed by atoms with Crippen LogP contribution in [0, 0.1) is 17.5 Å². The normalized spacial score (nSPS) is 17.8. The first-order chi connectivity index (χ1) is 10.6. The van der Waals surface area contributed by atoms with Crippen molar-refractivity contribution >= 4 is 17.7 Å². The third kappa shape index (κ3) is 2.59. The van der Waals surface area contributed by atoms with E-state index in [1.807, 2.05) is 30.3 Å². The maximum absolute atomic E-state index is 13.8. The number of amides is 1. The predicted molar refractivity (Wildman–Crippen MR) is 79.0 cm³/mol. The van der Waals surface area contributed by atoms with Crippen molar-refractivity contribution in [1.29, 1.82) is 0 Å². The molecule has 2 nitrogen and oxygen atoms in total. The molecule has 0 saturated carbocycles. The summed E-state index contributed by atoms with van der Waals surface area (Å²) in [5, 5.41) is -0.249. The van der Waals surface area contributed by atoms with Gasteiger partial charge < -0.3 is 4.90 Å². The predicted octanol–water partition coefficient (Wildman–Crippen LogP) is 3.99. The number of carbonyl (C=O) groups excluding carboxylic acids is 1. The van der Waals surface area contributed by atoms with E-state index in [-0.39, 0.29) is 5.37 Å². The largest absolute Gasteiger partial charge is 0.322 e. The van der Waals surface area contributed by atoms with Crippen LogP contribution in [0.3, 0.4) is 0 Å². The summed E-state index contributed by atoms with van der Waals surface area (Å²) in [5.74, 6) is -4.28. The van der Waals surface area contributed by atoms with Gasteiger partial charge in [0, 0.05) is 12.3 Å². The zero-order valence-electron chi connectivity index (χ0n) is 11.4. The van der Waals surface area contributed by atoms with Crippen molar-refractivity contribution in [2.75, 3.05) is 12.3 Å². The Morgan fingerprint density at radius 1 is 1.05 bits per heavy atom. The summed E-state index contributed by atoms with van der Waals surface area (Å²) in [6.45, 7) is 0.432. The van der Waals surface area contributed by atoms with Crippen molar-refractivity contribution < 1.29 is 18.0 Å². The van der Waals surface area contributed by atoms with E-state index in [0.29, 0.717) is 12.3 Å². The molecular weight excluding hydrogens is 311 g/mol. The maximum Gasteiger partial charge on any atom is 0.258 e. The van der Waals surface area contributed by atoms with Gasteiger partial charge in [0.2, 0.25) is 0 Å². The van der Waals surface area contributed by atoms with Crippen molar-refractivity contribution in [1.82, 2.24) is 4.90 Å². The van der Waals surface area contributed by atoms with E-state index in [2.05, 4.69) is 0 Å². The van der Waals surface area contributed by atoms with Crippen LogP contribution in [0.4, 0.5) is 13.2 Å². The highest BCUT2D eigenvalue weighted by molar-refractivity contribution is 7.99. The minimum Gasteiger partial charge on any atom is -0.322 e. The number of halogens is 3. The molecule has 1 unspecified atom stereocenters. The van der Waals surface area contributed by atoms with Crippen LogP contribution in [-0.2, 0) is 0 Å². The summed E-state index contributed by atoms with van der Waals surface area (Å²) in [6.07, 6.45) is 0. The third-order valence-corrected chi connectivity index (χ3v) is 4.76. The van der Waals surface area contributed by atoms with E-state index in [0.717, 1.165) is 17.7 Å². The molecule has 1 heterocycles. The molecule has 0 spiro atoms. The smallest absolute Gasteiger partial charge is 0.258 e. The topological polar surface area (TPSA) is 20.3 Å². The van der Waals surface area contributed by atoms with Crippen LogP contribution < -0.4 is 0 Å². The summed E-state index contributed by atoms with van der Waals surface area (Å²) in [6, 6.07) is 11.1. The summed E-state index contributed by atoms with van der Waals surface area (Å²) in [5.41, 5.74) is 0.476. The summed E-state index contributed by atoms with van der Waals surface area (Å²) < 4.78 is 40.2. The van der Waals surface area contributed by atoms with Crippen molar-refractivity contribution in [3.63, 3.8) is 0 Å². The molecule has 1 amide bonds. The van der Waals surface area contributed by atoms with Gasteiger partial charge in [0.1, 0.15) is 5.37 Å². The van der Waals surface area contributed by atoms with Crippen LogP contribution >= 0.6 is 11.8 Å². The Morgan fingerprint density at radius 2 is 1.77 bits per heavy atom. The van der Waals surface area contributed by atoms with Gasteiger partial charge in [-0.15, -0.1) is 11.8 Å². The summed E-state index contributed by atoms with van der Waals surface area (Å²) in [7, 11) is 0. The van der Waals surface area contributed by atoms with Crippen LogP contribution in [0.25, 0.3) is 0 Å². The molecule has 22 heavy (non-hydrogen) atoms. The molecule has 0 N–H and O–H groups in total. The monoisotopic (exact) mass is 323 g/mol. The zero-order valence-corrected chi connectivity index (χ0v) is 12.2. The minimum atomic E-state index is -1.62. The lowest BCUT2D eigenvalue weighted by Gasteiger charge is -2.24. The average Bonchev–Trinajstić information content (AvgIpc) is 3.03. The fraction of sp³-hybridized carbons (Fsp3) is 0.188. The Morgan fingerprint density at radius 3 is 2.50 bits per heavy atom. The van der Waals surface area contributed by atoms with Gasteiger partial charge in [-0.3, -0.25) is 4.79 Å². The van der Waals surface area contributed by atoms with Crippen molar-refractivity contribution in [3.8, 4) is 0 Å². The molecule has 6 heteroatoms. The molecule has 0 aromatic heterocycles. The molecule has 114 valence electrons. The number of thioether (sulfide) groups is 1. The number of benzene rings is 2. The Balaban J connectivity index is 1.93. The molecule has 2 aromatic rings. The number of hydrogen-bond acceptors (Lipinski definition) is 2. The van der Waals surface area contributed by atoms with Crippen molar-refractivity contribution in [2.45, 2.75) is 5.37 Å². The Hall–Kier alpha value is -1.95. The van der Waals surface area contributed by atoms with Gasteiger partial charge in [0.15, 0.2) is 17.5 Å². The highest BCUT2D eigenvalue weighted by Gasteiger charge is 2.33. The summed E-state index contributed by atoms with van der Waals surface area (Å²) in [4.78, 5) is 14.0. The van der Waals surface area contributed by atoms with E-state index in [4.69, 9.17) is 0 Å². The van der Waals surface area contributed by atoms with Crippen LogP contribution in [0.1, 0.15) is 21.3 Å². The van der Waals surface area contributed by atoms with Gasteiger partial charge in [-0.1, -0.05) is 30.3 Å². The van der Waals surface area contributed by atoms with Gasteiger partial charge in [0.25, 0.3) is 5.91 Å². The molecule has 0 aliphatic carbocycles. The van der Waals surface area contributed by atoms with E-state index < -0.39 is 28.9 Å². The fourth-order valence-electron chi connectivity index (χ4n) is 2.42. The molecule has 3 rings (SSSR count). The standard InChI is InChI=1S/C16H12F3NOS/c17-12-7-6-11(13(18)14(12)19)15(21)20-8-9-22-16(20)10-4-2-1-3-5-10/h1-7,16H,8-9H2. The molecule has 1 aliphatic heterocycles. The van der Waals surface area contributed by atoms with Gasteiger partial charge in [0.05, 0.1) is 5.56 Å². The quantitative estimate of drug-likeness (QED) is 0.779. The third-order valence-electron chi connectivity index (χ3n) is 3.50. The van der Waals surface area contributed by atoms with E-state index in [1.54, 1.807) is 11.8 Å². The fourth-order valence-corrected chi connectivity index (χ4v) is 3.67.